The lowest BCUT2D eigenvalue weighted by Gasteiger charge is -2.11. The molecule has 1 unspecified atom stereocenters. The molecule has 0 heterocycles. The largest absolute Gasteiger partial charge is 0.464 e. The lowest BCUT2D eigenvalue weighted by atomic mass is 10.1. The van der Waals surface area contributed by atoms with E-state index in [9.17, 15) is 4.79 Å². The van der Waals surface area contributed by atoms with Crippen molar-refractivity contribution in [3.63, 3.8) is 0 Å². The van der Waals surface area contributed by atoms with E-state index in [-0.39, 0.29) is 18.4 Å². The van der Waals surface area contributed by atoms with E-state index in [1.807, 2.05) is 30.3 Å². The quantitative estimate of drug-likeness (QED) is 0.630. The Morgan fingerprint density at radius 1 is 1.29 bits per heavy atom. The molecular formula is C13H20ClNO2. The maximum absolute atomic E-state index is 11.6. The Bertz CT molecular complexity index is 316. The van der Waals surface area contributed by atoms with Gasteiger partial charge >= 0.3 is 5.97 Å². The van der Waals surface area contributed by atoms with E-state index in [1.54, 1.807) is 0 Å². The molecule has 96 valence electrons. The maximum Gasteiger partial charge on any atom is 0.327 e. The van der Waals surface area contributed by atoms with Gasteiger partial charge in [-0.05, 0) is 12.0 Å². The van der Waals surface area contributed by atoms with Crippen LogP contribution >= 0.6 is 12.4 Å². The average Bonchev–Trinajstić information content (AvgIpc) is 2.34. The van der Waals surface area contributed by atoms with Crippen molar-refractivity contribution in [2.45, 2.75) is 32.2 Å². The number of unbranched alkanes of at least 4 members (excludes halogenated alkanes) is 2. The van der Waals surface area contributed by atoms with E-state index in [0.717, 1.165) is 24.8 Å². The number of halogens is 1. The van der Waals surface area contributed by atoms with Crippen LogP contribution in [0.5, 0.6) is 0 Å². The molecule has 17 heavy (non-hydrogen) atoms. The number of hydrogen-bond acceptors (Lipinski definition) is 3. The summed E-state index contributed by atoms with van der Waals surface area (Å²) in [4.78, 5) is 11.6. The first kappa shape index (κ1) is 15.9. The zero-order valence-electron chi connectivity index (χ0n) is 10.1. The zero-order valence-corrected chi connectivity index (χ0v) is 10.9. The van der Waals surface area contributed by atoms with Gasteiger partial charge in [0.25, 0.3) is 0 Å². The van der Waals surface area contributed by atoms with E-state index in [1.165, 1.54) is 0 Å². The number of benzene rings is 1. The fourth-order valence-corrected chi connectivity index (χ4v) is 1.41. The molecule has 1 aromatic carbocycles. The molecule has 0 aromatic heterocycles. The number of esters is 1. The van der Waals surface area contributed by atoms with Gasteiger partial charge in [-0.3, -0.25) is 0 Å². The normalized spacial score (nSPS) is 11.4. The summed E-state index contributed by atoms with van der Waals surface area (Å²) in [5, 5.41) is 0. The van der Waals surface area contributed by atoms with Crippen LogP contribution in [-0.2, 0) is 9.53 Å². The topological polar surface area (TPSA) is 52.3 Å². The summed E-state index contributed by atoms with van der Waals surface area (Å²) in [6.07, 6.45) is 3.10. The molecule has 1 atom stereocenters. The number of carbonyl (C=O) groups excluding carboxylic acids is 1. The molecule has 0 aliphatic rings. The number of ether oxygens (including phenoxy) is 1. The van der Waals surface area contributed by atoms with Crippen LogP contribution in [0.3, 0.4) is 0 Å². The van der Waals surface area contributed by atoms with Gasteiger partial charge in [-0.25, -0.2) is 4.79 Å². The van der Waals surface area contributed by atoms with Crippen LogP contribution < -0.4 is 5.73 Å². The summed E-state index contributed by atoms with van der Waals surface area (Å²) in [6.45, 7) is 2.57. The van der Waals surface area contributed by atoms with Crippen molar-refractivity contribution in [3.05, 3.63) is 35.9 Å². The summed E-state index contributed by atoms with van der Waals surface area (Å²) in [5.74, 6) is -0.345. The van der Waals surface area contributed by atoms with E-state index in [2.05, 4.69) is 6.92 Å². The molecular weight excluding hydrogens is 238 g/mol. The second-order valence-electron chi connectivity index (χ2n) is 3.76. The summed E-state index contributed by atoms with van der Waals surface area (Å²) in [5.41, 5.74) is 6.57. The van der Waals surface area contributed by atoms with Crippen molar-refractivity contribution >= 4 is 18.4 Å². The van der Waals surface area contributed by atoms with Crippen molar-refractivity contribution in [1.82, 2.24) is 0 Å². The van der Waals surface area contributed by atoms with Crippen LogP contribution in [0.15, 0.2) is 30.3 Å². The van der Waals surface area contributed by atoms with E-state index >= 15 is 0 Å². The molecule has 0 radical (unpaired) electrons. The van der Waals surface area contributed by atoms with Gasteiger partial charge in [-0.15, -0.1) is 12.4 Å². The molecule has 1 aromatic rings. The van der Waals surface area contributed by atoms with Crippen molar-refractivity contribution in [2.75, 3.05) is 6.61 Å². The molecule has 1 rings (SSSR count). The highest BCUT2D eigenvalue weighted by Gasteiger charge is 2.16. The van der Waals surface area contributed by atoms with Gasteiger partial charge in [0.05, 0.1) is 6.61 Å². The lowest BCUT2D eigenvalue weighted by Crippen LogP contribution is -2.24. The van der Waals surface area contributed by atoms with Gasteiger partial charge in [0.15, 0.2) is 0 Å². The minimum Gasteiger partial charge on any atom is -0.464 e. The van der Waals surface area contributed by atoms with E-state index in [0.29, 0.717) is 6.61 Å². The fraction of sp³-hybridized carbons (Fsp3) is 0.462. The van der Waals surface area contributed by atoms with Gasteiger partial charge in [0.2, 0.25) is 0 Å². The van der Waals surface area contributed by atoms with E-state index in [4.69, 9.17) is 10.5 Å². The molecule has 0 bridgehead atoms. The number of hydrogen-bond donors (Lipinski definition) is 1. The first-order valence-corrected chi connectivity index (χ1v) is 5.73. The zero-order chi connectivity index (χ0) is 11.8. The van der Waals surface area contributed by atoms with Crippen molar-refractivity contribution < 1.29 is 9.53 Å². The standard InChI is InChI=1S/C13H19NO2.ClH/c1-2-3-7-10-16-13(15)12(14)11-8-5-4-6-9-11;/h4-6,8-9,12H,2-3,7,10,14H2,1H3;1H. The highest BCUT2D eigenvalue weighted by molar-refractivity contribution is 5.85. The van der Waals surface area contributed by atoms with Crippen LogP contribution in [0.2, 0.25) is 0 Å². The van der Waals surface area contributed by atoms with Crippen LogP contribution in [-0.4, -0.2) is 12.6 Å². The Hall–Kier alpha value is -1.06. The molecule has 0 saturated heterocycles. The minimum atomic E-state index is -0.664. The first-order valence-electron chi connectivity index (χ1n) is 5.73. The van der Waals surface area contributed by atoms with Gasteiger partial charge in [0.1, 0.15) is 6.04 Å². The highest BCUT2D eigenvalue weighted by Crippen LogP contribution is 2.11. The summed E-state index contributed by atoms with van der Waals surface area (Å²) < 4.78 is 5.10. The first-order chi connectivity index (χ1) is 7.75. The minimum absolute atomic E-state index is 0. The van der Waals surface area contributed by atoms with E-state index < -0.39 is 6.04 Å². The Labute approximate surface area is 109 Å². The third-order valence-corrected chi connectivity index (χ3v) is 2.40. The summed E-state index contributed by atoms with van der Waals surface area (Å²) >= 11 is 0. The van der Waals surface area contributed by atoms with Crippen LogP contribution in [0.4, 0.5) is 0 Å². The van der Waals surface area contributed by atoms with Gasteiger partial charge in [-0.1, -0.05) is 50.1 Å². The predicted octanol–water partition coefficient (Wildman–Crippen LogP) is 2.84. The lowest BCUT2D eigenvalue weighted by molar-refractivity contribution is -0.145. The molecule has 0 saturated carbocycles. The Kier molecular flexibility index (Phi) is 8.46. The molecule has 0 fully saturated rings. The SMILES string of the molecule is CCCCCOC(=O)C(N)c1ccccc1.Cl. The Morgan fingerprint density at radius 3 is 2.53 bits per heavy atom. The van der Waals surface area contributed by atoms with Crippen LogP contribution in [0.1, 0.15) is 37.8 Å². The Balaban J connectivity index is 0.00000256. The highest BCUT2D eigenvalue weighted by atomic mass is 35.5. The van der Waals surface area contributed by atoms with Crippen molar-refractivity contribution in [3.8, 4) is 0 Å². The molecule has 0 aliphatic carbocycles. The van der Waals surface area contributed by atoms with Crippen molar-refractivity contribution in [2.24, 2.45) is 5.73 Å². The third-order valence-electron chi connectivity index (χ3n) is 2.40. The molecule has 0 spiro atoms. The molecule has 4 heteroatoms. The molecule has 2 N–H and O–H groups in total. The third kappa shape index (κ3) is 5.71. The molecule has 0 amide bonds. The van der Waals surface area contributed by atoms with Crippen LogP contribution in [0.25, 0.3) is 0 Å². The van der Waals surface area contributed by atoms with Gasteiger partial charge in [-0.2, -0.15) is 0 Å². The molecule has 3 nitrogen and oxygen atoms in total. The Morgan fingerprint density at radius 2 is 1.94 bits per heavy atom. The molecule has 0 aliphatic heterocycles. The average molecular weight is 258 g/mol. The smallest absolute Gasteiger partial charge is 0.327 e. The number of rotatable bonds is 6. The maximum atomic E-state index is 11.6. The fourth-order valence-electron chi connectivity index (χ4n) is 1.41. The number of carbonyl (C=O) groups is 1. The van der Waals surface area contributed by atoms with Crippen LogP contribution in [0, 0.1) is 0 Å². The second kappa shape index (κ2) is 9.02. The summed E-state index contributed by atoms with van der Waals surface area (Å²) in [7, 11) is 0. The number of nitrogens with two attached hydrogens (primary N) is 1. The second-order valence-corrected chi connectivity index (χ2v) is 3.76. The van der Waals surface area contributed by atoms with Crippen molar-refractivity contribution in [1.29, 1.82) is 0 Å². The monoisotopic (exact) mass is 257 g/mol. The predicted molar refractivity (Wildman–Crippen MR) is 71.1 cm³/mol. The van der Waals surface area contributed by atoms with Gasteiger partial charge in [0, 0.05) is 0 Å². The van der Waals surface area contributed by atoms with Gasteiger partial charge < -0.3 is 10.5 Å². The summed E-state index contributed by atoms with van der Waals surface area (Å²) in [6, 6.07) is 8.61.